The van der Waals surface area contributed by atoms with Crippen LogP contribution in [-0.2, 0) is 19.8 Å². The van der Waals surface area contributed by atoms with Gasteiger partial charge in [0.1, 0.15) is 5.52 Å². The van der Waals surface area contributed by atoms with E-state index >= 15 is 0 Å². The van der Waals surface area contributed by atoms with Gasteiger partial charge in [-0.05, 0) is 29.0 Å². The number of fused-ring (bicyclic) bond motifs is 1. The molecule has 3 N–H and O–H groups in total. The van der Waals surface area contributed by atoms with Crippen molar-refractivity contribution in [3.05, 3.63) is 87.0 Å². The van der Waals surface area contributed by atoms with Crippen molar-refractivity contribution in [3.63, 3.8) is 0 Å². The number of allylic oxidation sites excluding steroid dienone is 1. The summed E-state index contributed by atoms with van der Waals surface area (Å²) in [6, 6.07) is 11.0. The largest absolute Gasteiger partial charge is 0.503 e. The zero-order valence-electron chi connectivity index (χ0n) is 20.3. The average Bonchev–Trinajstić information content (AvgIpc) is 3.28. The molecule has 0 amide bonds. The standard InChI is InChI=1S/C26H24F3N5O2S/c1-33-12-20(16-6-4-5-15(7-16)14-37-3)18(9-23(33)35)21-13-34(2)25(36)24-19(21)8-22(32-24)17(10-30)11-31-26(27,28)29/h4-13,32H,14,30H2,1-3H3. The molecule has 0 unspecified atom stereocenters. The van der Waals surface area contributed by atoms with Crippen LogP contribution >= 0.6 is 11.8 Å². The zero-order chi connectivity index (χ0) is 26.9. The summed E-state index contributed by atoms with van der Waals surface area (Å²) in [6.45, 7) is 0. The highest BCUT2D eigenvalue weighted by Gasteiger charge is 2.25. The molecule has 0 aliphatic heterocycles. The van der Waals surface area contributed by atoms with Gasteiger partial charge in [0.05, 0.1) is 0 Å². The van der Waals surface area contributed by atoms with Gasteiger partial charge >= 0.3 is 6.30 Å². The number of aliphatic imine (C=N–C) groups is 1. The Kier molecular flexibility index (Phi) is 7.17. The van der Waals surface area contributed by atoms with Crippen LogP contribution in [0.5, 0.6) is 0 Å². The van der Waals surface area contributed by atoms with E-state index in [-0.39, 0.29) is 27.9 Å². The van der Waals surface area contributed by atoms with E-state index in [0.717, 1.165) is 28.6 Å². The highest BCUT2D eigenvalue weighted by molar-refractivity contribution is 7.97. The highest BCUT2D eigenvalue weighted by Crippen LogP contribution is 2.36. The smallest absolute Gasteiger partial charge is 0.404 e. The van der Waals surface area contributed by atoms with Crippen molar-refractivity contribution < 1.29 is 13.2 Å². The molecule has 4 rings (SSSR count). The Hall–Kier alpha value is -3.99. The molecule has 0 aliphatic rings. The number of halogens is 3. The molecule has 0 fully saturated rings. The lowest BCUT2D eigenvalue weighted by Crippen LogP contribution is -2.18. The van der Waals surface area contributed by atoms with E-state index in [1.807, 2.05) is 30.5 Å². The minimum Gasteiger partial charge on any atom is -0.404 e. The first kappa shape index (κ1) is 26.1. The van der Waals surface area contributed by atoms with Crippen molar-refractivity contribution in [1.82, 2.24) is 14.1 Å². The van der Waals surface area contributed by atoms with Crippen LogP contribution in [0, 0.1) is 0 Å². The quantitative estimate of drug-likeness (QED) is 0.282. The molecule has 4 aromatic rings. The van der Waals surface area contributed by atoms with Gasteiger partial charge in [0.15, 0.2) is 0 Å². The van der Waals surface area contributed by atoms with Gasteiger partial charge < -0.3 is 19.9 Å². The average molecular weight is 528 g/mol. The lowest BCUT2D eigenvalue weighted by atomic mass is 9.94. The number of pyridine rings is 2. The number of nitrogens with one attached hydrogen (secondary N) is 1. The minimum absolute atomic E-state index is 0.0458. The number of alkyl halides is 3. The molecule has 11 heteroatoms. The van der Waals surface area contributed by atoms with Crippen molar-refractivity contribution in [2.45, 2.75) is 12.1 Å². The van der Waals surface area contributed by atoms with Crippen molar-refractivity contribution in [2.24, 2.45) is 24.8 Å². The van der Waals surface area contributed by atoms with Crippen molar-refractivity contribution in [1.29, 1.82) is 0 Å². The zero-order valence-corrected chi connectivity index (χ0v) is 21.1. The fourth-order valence-electron chi connectivity index (χ4n) is 4.13. The van der Waals surface area contributed by atoms with E-state index in [2.05, 4.69) is 9.98 Å². The Morgan fingerprint density at radius 1 is 1.08 bits per heavy atom. The number of rotatable bonds is 6. The molecule has 0 spiro atoms. The third-order valence-corrected chi connectivity index (χ3v) is 6.49. The topological polar surface area (TPSA) is 98.2 Å². The normalized spacial score (nSPS) is 12.6. The number of aromatic amines is 1. The van der Waals surface area contributed by atoms with E-state index in [4.69, 9.17) is 5.73 Å². The second-order valence-electron chi connectivity index (χ2n) is 8.46. The van der Waals surface area contributed by atoms with E-state index in [1.165, 1.54) is 15.2 Å². The van der Waals surface area contributed by atoms with Crippen LogP contribution in [0.1, 0.15) is 11.3 Å². The van der Waals surface area contributed by atoms with E-state index in [9.17, 15) is 22.8 Å². The van der Waals surface area contributed by atoms with Crippen molar-refractivity contribution in [3.8, 4) is 22.3 Å². The van der Waals surface area contributed by atoms with E-state index in [1.54, 1.807) is 44.3 Å². The third kappa shape index (κ3) is 5.41. The molecule has 0 saturated carbocycles. The van der Waals surface area contributed by atoms with Crippen molar-refractivity contribution in [2.75, 3.05) is 6.26 Å². The third-order valence-electron chi connectivity index (χ3n) is 5.87. The van der Waals surface area contributed by atoms with Gasteiger partial charge in [0.25, 0.3) is 11.1 Å². The van der Waals surface area contributed by atoms with Gasteiger partial charge in [-0.25, -0.2) is 0 Å². The molecule has 7 nitrogen and oxygen atoms in total. The first-order valence-electron chi connectivity index (χ1n) is 11.1. The number of benzene rings is 1. The summed E-state index contributed by atoms with van der Waals surface area (Å²) in [7, 11) is 3.22. The highest BCUT2D eigenvalue weighted by atomic mass is 32.2. The van der Waals surface area contributed by atoms with Gasteiger partial charge in [0, 0.05) is 78.5 Å². The van der Waals surface area contributed by atoms with Gasteiger partial charge in [0.2, 0.25) is 0 Å². The summed E-state index contributed by atoms with van der Waals surface area (Å²) in [5.74, 6) is 0.813. The molecule has 37 heavy (non-hydrogen) atoms. The van der Waals surface area contributed by atoms with Crippen LogP contribution in [-0.4, -0.2) is 32.9 Å². The maximum atomic E-state index is 12.9. The number of aryl methyl sites for hydroxylation is 2. The predicted octanol–water partition coefficient (Wildman–Crippen LogP) is 4.65. The second-order valence-corrected chi connectivity index (χ2v) is 9.33. The SMILES string of the molecule is CSCc1cccc(-c2cn(C)c(=O)cc2-c2cn(C)c(=O)c3[nH]c(C(C=NC(F)(F)F)=CN)cc23)c1. The number of thioether (sulfide) groups is 1. The first-order valence-corrected chi connectivity index (χ1v) is 12.5. The Bertz CT molecular complexity index is 1660. The van der Waals surface area contributed by atoms with Gasteiger partial charge in [-0.1, -0.05) is 24.3 Å². The molecule has 1 aromatic carbocycles. The second kappa shape index (κ2) is 10.2. The number of nitrogens with zero attached hydrogens (tertiary/aromatic N) is 3. The molecular formula is C26H24F3N5O2S. The monoisotopic (exact) mass is 527 g/mol. The molecule has 3 heterocycles. The number of nitrogens with two attached hydrogens (primary N) is 1. The molecule has 192 valence electrons. The summed E-state index contributed by atoms with van der Waals surface area (Å²) in [5, 5.41) is 0.438. The van der Waals surface area contributed by atoms with Gasteiger partial charge in [-0.15, -0.1) is 13.2 Å². The fraction of sp³-hybridized carbons (Fsp3) is 0.192. The molecule has 3 aromatic heterocycles. The van der Waals surface area contributed by atoms with Crippen LogP contribution in [0.15, 0.2) is 69.6 Å². The van der Waals surface area contributed by atoms with Crippen LogP contribution in [0.25, 0.3) is 38.7 Å². The number of aromatic nitrogens is 3. The van der Waals surface area contributed by atoms with Gasteiger partial charge in [-0.2, -0.15) is 16.8 Å². The van der Waals surface area contributed by atoms with Crippen molar-refractivity contribution >= 4 is 34.5 Å². The molecular weight excluding hydrogens is 503 g/mol. The molecule has 0 aliphatic carbocycles. The Morgan fingerprint density at radius 2 is 1.81 bits per heavy atom. The van der Waals surface area contributed by atoms with Crippen LogP contribution < -0.4 is 16.9 Å². The molecule has 0 bridgehead atoms. The Morgan fingerprint density at radius 3 is 2.49 bits per heavy atom. The summed E-state index contributed by atoms with van der Waals surface area (Å²) >= 11 is 1.69. The lowest BCUT2D eigenvalue weighted by molar-refractivity contribution is -0.118. The Labute approximate surface area is 214 Å². The van der Waals surface area contributed by atoms with Crippen LogP contribution in [0.2, 0.25) is 0 Å². The Balaban J connectivity index is 2.00. The first-order chi connectivity index (χ1) is 17.5. The summed E-state index contributed by atoms with van der Waals surface area (Å²) in [6.07, 6.45) is 2.16. The van der Waals surface area contributed by atoms with Crippen LogP contribution in [0.4, 0.5) is 13.2 Å². The maximum Gasteiger partial charge on any atom is 0.503 e. The summed E-state index contributed by atoms with van der Waals surface area (Å²) in [5.41, 5.74) is 9.14. The molecule has 0 radical (unpaired) electrons. The molecule has 0 atom stereocenters. The predicted molar refractivity (Wildman–Crippen MR) is 144 cm³/mol. The summed E-state index contributed by atoms with van der Waals surface area (Å²) in [4.78, 5) is 31.1. The fourth-order valence-corrected chi connectivity index (χ4v) is 4.64. The molecule has 0 saturated heterocycles. The van der Waals surface area contributed by atoms with Crippen LogP contribution in [0.3, 0.4) is 0 Å². The minimum atomic E-state index is -4.77. The van der Waals surface area contributed by atoms with Gasteiger partial charge in [-0.3, -0.25) is 9.59 Å². The summed E-state index contributed by atoms with van der Waals surface area (Å²) < 4.78 is 40.8. The number of H-pyrrole nitrogens is 1. The lowest BCUT2D eigenvalue weighted by Gasteiger charge is -2.14. The number of hydrogen-bond donors (Lipinski definition) is 2. The van der Waals surface area contributed by atoms with E-state index in [0.29, 0.717) is 22.7 Å². The maximum absolute atomic E-state index is 12.9. The number of hydrogen-bond acceptors (Lipinski definition) is 5. The van der Waals surface area contributed by atoms with E-state index < -0.39 is 6.30 Å².